The van der Waals surface area contributed by atoms with E-state index in [1.807, 2.05) is 12.2 Å². The van der Waals surface area contributed by atoms with Gasteiger partial charge in [-0.1, -0.05) is 53.6 Å². The monoisotopic (exact) mass is 515 g/mol. The number of anilines is 2. The van der Waals surface area contributed by atoms with Crippen LogP contribution >= 0.6 is 23.2 Å². The number of nitrogens with one attached hydrogen (secondary N) is 2. The molecule has 174 valence electrons. The first-order valence-electron chi connectivity index (χ1n) is 10.5. The Morgan fingerprint density at radius 3 is 2.47 bits per heavy atom. The Morgan fingerprint density at radius 1 is 1.00 bits per heavy atom. The van der Waals surface area contributed by atoms with Crippen LogP contribution in [0.5, 0.6) is 0 Å². The maximum absolute atomic E-state index is 13.1. The zero-order valence-corrected chi connectivity index (χ0v) is 19.9. The summed E-state index contributed by atoms with van der Waals surface area (Å²) in [5.74, 6) is -0.0527. The molecule has 3 aromatic carbocycles. The smallest absolute Gasteiger partial charge is 0.274 e. The molecule has 1 aliphatic carbocycles. The van der Waals surface area contributed by atoms with Gasteiger partial charge in [0.05, 0.1) is 27.1 Å². The molecule has 2 N–H and O–H groups in total. The molecule has 1 heterocycles. The molecular formula is C24H19Cl2N3O4S. The third kappa shape index (κ3) is 4.13. The normalized spacial score (nSPS) is 20.8. The second-order valence-corrected chi connectivity index (χ2v) is 10.9. The Morgan fingerprint density at radius 2 is 1.74 bits per heavy atom. The van der Waals surface area contributed by atoms with E-state index >= 15 is 0 Å². The van der Waals surface area contributed by atoms with Gasteiger partial charge in [0.2, 0.25) is 0 Å². The second-order valence-electron chi connectivity index (χ2n) is 8.30. The van der Waals surface area contributed by atoms with Crippen LogP contribution in [0.25, 0.3) is 0 Å². The predicted molar refractivity (Wildman–Crippen MR) is 133 cm³/mol. The highest BCUT2D eigenvalue weighted by atomic mass is 35.5. The summed E-state index contributed by atoms with van der Waals surface area (Å²) in [5, 5.41) is 15.7. The maximum Gasteiger partial charge on any atom is 0.274 e. The number of nitro groups is 1. The molecule has 0 bridgehead atoms. The van der Waals surface area contributed by atoms with E-state index in [2.05, 4.69) is 10.0 Å². The summed E-state index contributed by atoms with van der Waals surface area (Å²) in [5.41, 5.74) is 2.54. The van der Waals surface area contributed by atoms with Gasteiger partial charge in [-0.05, 0) is 54.3 Å². The van der Waals surface area contributed by atoms with Crippen LogP contribution in [0.4, 0.5) is 17.1 Å². The third-order valence-electron chi connectivity index (χ3n) is 6.23. The minimum absolute atomic E-state index is 0.0197. The predicted octanol–water partition coefficient (Wildman–Crippen LogP) is 6.53. The van der Waals surface area contributed by atoms with Crippen LogP contribution < -0.4 is 10.0 Å². The molecule has 5 rings (SSSR count). The largest absolute Gasteiger partial charge is 0.377 e. The van der Waals surface area contributed by atoms with Crippen molar-refractivity contribution in [3.8, 4) is 0 Å². The number of sulfonamides is 1. The van der Waals surface area contributed by atoms with Crippen molar-refractivity contribution in [2.45, 2.75) is 23.3 Å². The highest BCUT2D eigenvalue weighted by molar-refractivity contribution is 7.92. The summed E-state index contributed by atoms with van der Waals surface area (Å²) < 4.78 is 28.7. The highest BCUT2D eigenvalue weighted by Gasteiger charge is 2.40. The molecule has 34 heavy (non-hydrogen) atoms. The number of nitro benzene ring substituents is 1. The quantitative estimate of drug-likeness (QED) is 0.228. The summed E-state index contributed by atoms with van der Waals surface area (Å²) >= 11 is 12.0. The number of hydrogen-bond acceptors (Lipinski definition) is 5. The van der Waals surface area contributed by atoms with Gasteiger partial charge in [0.25, 0.3) is 15.7 Å². The summed E-state index contributed by atoms with van der Waals surface area (Å²) in [6.07, 6.45) is 4.82. The zero-order chi connectivity index (χ0) is 24.0. The Labute approximate surface area is 206 Å². The first-order chi connectivity index (χ1) is 16.2. The van der Waals surface area contributed by atoms with E-state index in [0.717, 1.165) is 17.7 Å². The zero-order valence-electron chi connectivity index (χ0n) is 17.6. The maximum atomic E-state index is 13.1. The molecule has 3 aromatic rings. The molecule has 0 spiro atoms. The number of halogens is 2. The minimum Gasteiger partial charge on any atom is -0.377 e. The average molecular weight is 516 g/mol. The third-order valence-corrected chi connectivity index (χ3v) is 8.04. The van der Waals surface area contributed by atoms with Crippen molar-refractivity contribution in [1.29, 1.82) is 0 Å². The number of hydrogen-bond donors (Lipinski definition) is 2. The van der Waals surface area contributed by atoms with Crippen molar-refractivity contribution in [3.63, 3.8) is 0 Å². The molecule has 0 radical (unpaired) electrons. The Kier molecular flexibility index (Phi) is 5.75. The van der Waals surface area contributed by atoms with Gasteiger partial charge in [-0.15, -0.1) is 0 Å². The molecule has 7 nitrogen and oxygen atoms in total. The van der Waals surface area contributed by atoms with Crippen LogP contribution in [0, 0.1) is 16.0 Å². The van der Waals surface area contributed by atoms with Crippen molar-refractivity contribution >= 4 is 50.3 Å². The molecule has 3 atom stereocenters. The minimum atomic E-state index is -3.90. The number of benzene rings is 3. The number of allylic oxidation sites excluding steroid dienone is 2. The molecule has 10 heteroatoms. The summed E-state index contributed by atoms with van der Waals surface area (Å²) in [4.78, 5) is 11.4. The van der Waals surface area contributed by atoms with Crippen molar-refractivity contribution in [2.24, 2.45) is 5.92 Å². The van der Waals surface area contributed by atoms with Gasteiger partial charge in [0, 0.05) is 27.7 Å². The van der Waals surface area contributed by atoms with Crippen LogP contribution in [0.1, 0.15) is 29.5 Å². The van der Waals surface area contributed by atoms with Crippen molar-refractivity contribution in [1.82, 2.24) is 0 Å². The molecule has 2 aliphatic rings. The lowest BCUT2D eigenvalue weighted by atomic mass is 9.76. The Bertz CT molecular complexity index is 1420. The van der Waals surface area contributed by atoms with E-state index in [4.69, 9.17) is 23.2 Å². The molecule has 0 saturated carbocycles. The van der Waals surface area contributed by atoms with E-state index in [1.54, 1.807) is 30.3 Å². The Hall–Kier alpha value is -3.07. The van der Waals surface area contributed by atoms with Crippen LogP contribution in [0.3, 0.4) is 0 Å². The standard InChI is InChI=1S/C24H19Cl2N3O4S/c25-14-10-15(26)12-16(11-14)28-34(32,33)17-8-9-22-21(13-17)18-5-3-6-19(18)24(27-22)20-4-1-2-7-23(20)29(30)31/h1-5,7-13,18-19,24,27-28H,6H2/t18-,19+,24-/m0/s1. The number of rotatable bonds is 5. The van der Waals surface area contributed by atoms with Crippen molar-refractivity contribution in [2.75, 3.05) is 10.0 Å². The SMILES string of the molecule is O=[N+]([O-])c1ccccc1[C@H]1Nc2ccc(S(=O)(=O)Nc3cc(Cl)cc(Cl)c3)cc2[C@H]2C=CC[C@H]21. The van der Waals surface area contributed by atoms with Crippen LogP contribution in [0.15, 0.2) is 77.7 Å². The van der Waals surface area contributed by atoms with Gasteiger partial charge >= 0.3 is 0 Å². The van der Waals surface area contributed by atoms with Crippen molar-refractivity contribution in [3.05, 3.63) is 104 Å². The fourth-order valence-electron chi connectivity index (χ4n) is 4.79. The fourth-order valence-corrected chi connectivity index (χ4v) is 6.39. The molecular weight excluding hydrogens is 497 g/mol. The van der Waals surface area contributed by atoms with Gasteiger partial charge in [0.1, 0.15) is 0 Å². The van der Waals surface area contributed by atoms with Crippen LogP contribution in [-0.2, 0) is 10.0 Å². The lowest BCUT2D eigenvalue weighted by Gasteiger charge is -2.37. The number of para-hydroxylation sites is 1. The van der Waals surface area contributed by atoms with E-state index < -0.39 is 10.0 Å². The first-order valence-corrected chi connectivity index (χ1v) is 12.8. The summed E-state index contributed by atoms with van der Waals surface area (Å²) in [7, 11) is -3.90. The van der Waals surface area contributed by atoms with Gasteiger partial charge < -0.3 is 5.32 Å². The van der Waals surface area contributed by atoms with Crippen LogP contribution in [0.2, 0.25) is 10.0 Å². The molecule has 0 unspecified atom stereocenters. The molecule has 0 fully saturated rings. The lowest BCUT2D eigenvalue weighted by molar-refractivity contribution is -0.385. The molecule has 0 aromatic heterocycles. The van der Waals surface area contributed by atoms with E-state index in [-0.39, 0.29) is 39.1 Å². The molecule has 0 saturated heterocycles. The molecule has 1 aliphatic heterocycles. The average Bonchev–Trinajstić information content (AvgIpc) is 3.27. The summed E-state index contributed by atoms with van der Waals surface area (Å²) in [6, 6.07) is 15.8. The van der Waals surface area contributed by atoms with Gasteiger partial charge in [-0.25, -0.2) is 8.42 Å². The Balaban J connectivity index is 1.51. The lowest BCUT2D eigenvalue weighted by Crippen LogP contribution is -2.30. The van der Waals surface area contributed by atoms with Gasteiger partial charge in [-0.3, -0.25) is 14.8 Å². The van der Waals surface area contributed by atoms with Crippen LogP contribution in [-0.4, -0.2) is 13.3 Å². The second kappa shape index (κ2) is 8.61. The number of nitrogens with zero attached hydrogens (tertiary/aromatic N) is 1. The van der Waals surface area contributed by atoms with Gasteiger partial charge in [0.15, 0.2) is 0 Å². The van der Waals surface area contributed by atoms with Gasteiger partial charge in [-0.2, -0.15) is 0 Å². The summed E-state index contributed by atoms with van der Waals surface area (Å²) in [6.45, 7) is 0. The fraction of sp³-hybridized carbons (Fsp3) is 0.167. The topological polar surface area (TPSA) is 101 Å². The van der Waals surface area contributed by atoms with Crippen molar-refractivity contribution < 1.29 is 13.3 Å². The van der Waals surface area contributed by atoms with E-state index in [1.165, 1.54) is 30.3 Å². The first kappa shape index (κ1) is 22.7. The molecule has 0 amide bonds. The van der Waals surface area contributed by atoms with E-state index in [9.17, 15) is 18.5 Å². The number of fused-ring (bicyclic) bond motifs is 3. The highest BCUT2D eigenvalue weighted by Crippen LogP contribution is 2.51. The van der Waals surface area contributed by atoms with E-state index in [0.29, 0.717) is 15.6 Å².